The number of carbonyl (C=O) groups is 1. The standard InChI is InChI=1S/C14H10F3NO3/c15-14(16,17)10-3-1-2-9(8-4-6-18-7-5-8)11(10)12(19)13(20)21/h1-7,12,19H,(H,20,21). The smallest absolute Gasteiger partial charge is 0.416 e. The molecule has 0 aliphatic rings. The average Bonchev–Trinajstić information content (AvgIpc) is 2.45. The van der Waals surface area contributed by atoms with E-state index in [1.165, 1.54) is 30.6 Å². The Morgan fingerprint density at radius 2 is 1.76 bits per heavy atom. The van der Waals surface area contributed by atoms with Gasteiger partial charge in [-0.05, 0) is 29.3 Å². The number of rotatable bonds is 3. The molecule has 1 atom stereocenters. The molecule has 0 saturated heterocycles. The molecule has 7 heteroatoms. The Kier molecular flexibility index (Phi) is 3.95. The Hall–Kier alpha value is -2.41. The zero-order chi connectivity index (χ0) is 15.6. The van der Waals surface area contributed by atoms with Crippen molar-refractivity contribution in [1.29, 1.82) is 0 Å². The molecule has 2 rings (SSSR count). The third kappa shape index (κ3) is 3.03. The summed E-state index contributed by atoms with van der Waals surface area (Å²) in [6.07, 6.45) is -4.31. The molecule has 1 aromatic carbocycles. The first-order valence-corrected chi connectivity index (χ1v) is 5.83. The number of pyridine rings is 1. The number of benzene rings is 1. The van der Waals surface area contributed by atoms with Crippen LogP contribution in [0.4, 0.5) is 13.2 Å². The van der Waals surface area contributed by atoms with E-state index in [9.17, 15) is 23.1 Å². The average molecular weight is 297 g/mol. The summed E-state index contributed by atoms with van der Waals surface area (Å²) in [5, 5.41) is 18.5. The highest BCUT2D eigenvalue weighted by atomic mass is 19.4. The van der Waals surface area contributed by atoms with Gasteiger partial charge in [-0.3, -0.25) is 4.98 Å². The minimum absolute atomic E-state index is 0.00197. The highest BCUT2D eigenvalue weighted by Crippen LogP contribution is 2.39. The molecule has 0 amide bonds. The highest BCUT2D eigenvalue weighted by Gasteiger charge is 2.38. The van der Waals surface area contributed by atoms with Gasteiger partial charge in [-0.1, -0.05) is 12.1 Å². The summed E-state index contributed by atoms with van der Waals surface area (Å²) in [5.41, 5.74) is -1.51. The quantitative estimate of drug-likeness (QED) is 0.914. The predicted octanol–water partition coefficient (Wildman–Crippen LogP) is 2.89. The molecule has 110 valence electrons. The molecule has 1 heterocycles. The lowest BCUT2D eigenvalue weighted by Gasteiger charge is -2.19. The van der Waals surface area contributed by atoms with Gasteiger partial charge < -0.3 is 10.2 Å². The lowest BCUT2D eigenvalue weighted by atomic mass is 9.92. The number of hydrogen-bond acceptors (Lipinski definition) is 3. The molecule has 0 radical (unpaired) electrons. The number of halogens is 3. The maximum atomic E-state index is 13.1. The van der Waals surface area contributed by atoms with Crippen LogP contribution in [-0.4, -0.2) is 21.2 Å². The van der Waals surface area contributed by atoms with E-state index in [4.69, 9.17) is 5.11 Å². The summed E-state index contributed by atoms with van der Waals surface area (Å²) in [6.45, 7) is 0. The molecule has 0 spiro atoms. The van der Waals surface area contributed by atoms with Crippen LogP contribution < -0.4 is 0 Å². The Balaban J connectivity index is 2.74. The Morgan fingerprint density at radius 3 is 2.29 bits per heavy atom. The number of carboxylic acids is 1. The summed E-state index contributed by atoms with van der Waals surface area (Å²) in [5.74, 6) is -1.75. The van der Waals surface area contributed by atoms with Crippen LogP contribution in [0.5, 0.6) is 0 Å². The van der Waals surface area contributed by atoms with E-state index in [1.807, 2.05) is 0 Å². The van der Waals surface area contributed by atoms with Gasteiger partial charge in [0, 0.05) is 18.0 Å². The zero-order valence-electron chi connectivity index (χ0n) is 10.5. The molecule has 0 saturated carbocycles. The number of hydrogen-bond donors (Lipinski definition) is 2. The number of aliphatic hydroxyl groups is 1. The summed E-state index contributed by atoms with van der Waals surface area (Å²) in [7, 11) is 0. The molecule has 0 fully saturated rings. The molecule has 0 bridgehead atoms. The van der Waals surface area contributed by atoms with E-state index in [1.54, 1.807) is 0 Å². The molecular weight excluding hydrogens is 287 g/mol. The Morgan fingerprint density at radius 1 is 1.14 bits per heavy atom. The summed E-state index contributed by atoms with van der Waals surface area (Å²) < 4.78 is 39.2. The highest BCUT2D eigenvalue weighted by molar-refractivity contribution is 5.80. The second-order valence-corrected chi connectivity index (χ2v) is 4.24. The SMILES string of the molecule is O=C(O)C(O)c1c(-c2ccncc2)cccc1C(F)(F)F. The van der Waals surface area contributed by atoms with Gasteiger partial charge >= 0.3 is 12.1 Å². The molecule has 2 aromatic rings. The van der Waals surface area contributed by atoms with Crippen molar-refractivity contribution >= 4 is 5.97 Å². The van der Waals surface area contributed by atoms with Crippen LogP contribution in [0, 0.1) is 0 Å². The normalized spacial score (nSPS) is 13.0. The minimum Gasteiger partial charge on any atom is -0.479 e. The van der Waals surface area contributed by atoms with E-state index >= 15 is 0 Å². The van der Waals surface area contributed by atoms with Crippen LogP contribution in [0.1, 0.15) is 17.2 Å². The van der Waals surface area contributed by atoms with E-state index in [-0.39, 0.29) is 5.56 Å². The molecule has 1 unspecified atom stereocenters. The number of aromatic nitrogens is 1. The van der Waals surface area contributed by atoms with Crippen molar-refractivity contribution in [2.75, 3.05) is 0 Å². The van der Waals surface area contributed by atoms with Gasteiger partial charge in [0.15, 0.2) is 6.10 Å². The number of carboxylic acid groups (broad SMARTS) is 1. The van der Waals surface area contributed by atoms with E-state index in [2.05, 4.69) is 4.98 Å². The van der Waals surface area contributed by atoms with Crippen LogP contribution in [0.15, 0.2) is 42.7 Å². The van der Waals surface area contributed by atoms with Gasteiger partial charge in [0.25, 0.3) is 0 Å². The lowest BCUT2D eigenvalue weighted by molar-refractivity contribution is -0.149. The predicted molar refractivity (Wildman–Crippen MR) is 67.3 cm³/mol. The van der Waals surface area contributed by atoms with Crippen molar-refractivity contribution in [1.82, 2.24) is 4.98 Å². The summed E-state index contributed by atoms with van der Waals surface area (Å²) in [6, 6.07) is 6.11. The zero-order valence-corrected chi connectivity index (χ0v) is 10.5. The molecular formula is C14H10F3NO3. The number of alkyl halides is 3. The van der Waals surface area contributed by atoms with Crippen LogP contribution >= 0.6 is 0 Å². The van der Waals surface area contributed by atoms with Crippen molar-refractivity contribution in [3.8, 4) is 11.1 Å². The van der Waals surface area contributed by atoms with Crippen LogP contribution in [0.2, 0.25) is 0 Å². The number of aliphatic hydroxyl groups excluding tert-OH is 1. The summed E-state index contributed by atoms with van der Waals surface area (Å²) in [4.78, 5) is 14.7. The first-order chi connectivity index (χ1) is 9.82. The second-order valence-electron chi connectivity index (χ2n) is 4.24. The third-order valence-corrected chi connectivity index (χ3v) is 2.91. The first-order valence-electron chi connectivity index (χ1n) is 5.83. The Labute approximate surface area is 117 Å². The number of nitrogens with zero attached hydrogens (tertiary/aromatic N) is 1. The van der Waals surface area contributed by atoms with Crippen LogP contribution in [0.3, 0.4) is 0 Å². The second kappa shape index (κ2) is 5.53. The lowest BCUT2D eigenvalue weighted by Crippen LogP contribution is -2.18. The minimum atomic E-state index is -4.77. The maximum absolute atomic E-state index is 13.1. The van der Waals surface area contributed by atoms with Crippen molar-refractivity contribution in [3.05, 3.63) is 53.9 Å². The van der Waals surface area contributed by atoms with Gasteiger partial charge in [0.05, 0.1) is 5.56 Å². The van der Waals surface area contributed by atoms with Crippen molar-refractivity contribution in [2.45, 2.75) is 12.3 Å². The maximum Gasteiger partial charge on any atom is 0.416 e. The van der Waals surface area contributed by atoms with Gasteiger partial charge in [-0.25, -0.2) is 4.79 Å². The fourth-order valence-corrected chi connectivity index (χ4v) is 2.01. The van der Waals surface area contributed by atoms with E-state index < -0.39 is 29.4 Å². The molecule has 2 N–H and O–H groups in total. The van der Waals surface area contributed by atoms with Crippen molar-refractivity contribution in [2.24, 2.45) is 0 Å². The van der Waals surface area contributed by atoms with Crippen LogP contribution in [0.25, 0.3) is 11.1 Å². The fraction of sp³-hybridized carbons (Fsp3) is 0.143. The molecule has 0 aliphatic heterocycles. The first kappa shape index (κ1) is 15.0. The van der Waals surface area contributed by atoms with Gasteiger partial charge in [-0.2, -0.15) is 13.2 Å². The number of aliphatic carboxylic acids is 1. The van der Waals surface area contributed by atoms with Gasteiger partial charge in [0.2, 0.25) is 0 Å². The molecule has 0 aliphatic carbocycles. The largest absolute Gasteiger partial charge is 0.479 e. The fourth-order valence-electron chi connectivity index (χ4n) is 2.01. The van der Waals surface area contributed by atoms with Crippen LogP contribution in [-0.2, 0) is 11.0 Å². The van der Waals surface area contributed by atoms with Gasteiger partial charge in [-0.15, -0.1) is 0 Å². The van der Waals surface area contributed by atoms with Gasteiger partial charge in [0.1, 0.15) is 0 Å². The third-order valence-electron chi connectivity index (χ3n) is 2.91. The van der Waals surface area contributed by atoms with Crippen molar-refractivity contribution < 1.29 is 28.2 Å². The molecule has 1 aromatic heterocycles. The monoisotopic (exact) mass is 297 g/mol. The van der Waals surface area contributed by atoms with Crippen molar-refractivity contribution in [3.63, 3.8) is 0 Å². The van der Waals surface area contributed by atoms with E-state index in [0.29, 0.717) is 5.56 Å². The Bertz CT molecular complexity index is 656. The molecule has 4 nitrogen and oxygen atoms in total. The topological polar surface area (TPSA) is 70.4 Å². The summed E-state index contributed by atoms with van der Waals surface area (Å²) >= 11 is 0. The molecule has 21 heavy (non-hydrogen) atoms. The van der Waals surface area contributed by atoms with E-state index in [0.717, 1.165) is 12.1 Å².